The number of benzene rings is 1. The van der Waals surface area contributed by atoms with Crippen molar-refractivity contribution in [1.82, 2.24) is 10.4 Å². The number of aromatic nitrogens is 1. The van der Waals surface area contributed by atoms with Gasteiger partial charge in [0.15, 0.2) is 16.9 Å². The molecule has 0 saturated heterocycles. The topological polar surface area (TPSA) is 98.8 Å². The Morgan fingerprint density at radius 1 is 1.52 bits per heavy atom. The van der Waals surface area contributed by atoms with E-state index in [1.807, 2.05) is 13.8 Å². The highest BCUT2D eigenvalue weighted by atomic mass is 32.1. The monoisotopic (exact) mass is 414 g/mol. The number of primary amides is 1. The van der Waals surface area contributed by atoms with Crippen molar-refractivity contribution < 1.29 is 18.7 Å². The molecule has 1 aromatic heterocycles. The van der Waals surface area contributed by atoms with E-state index in [9.17, 15) is 4.79 Å². The molecule has 150 valence electrons. The molecule has 2 aromatic rings. The molecule has 2 aliphatic rings. The highest BCUT2D eigenvalue weighted by Crippen LogP contribution is 2.45. The van der Waals surface area contributed by atoms with Gasteiger partial charge in [0.2, 0.25) is 5.90 Å². The van der Waals surface area contributed by atoms with E-state index in [4.69, 9.17) is 15.2 Å². The first-order valence-electron chi connectivity index (χ1n) is 9.03. The van der Waals surface area contributed by atoms with Crippen molar-refractivity contribution in [1.29, 1.82) is 0 Å². The zero-order valence-corrected chi connectivity index (χ0v) is 16.9. The van der Waals surface area contributed by atoms with E-state index < -0.39 is 11.6 Å². The minimum Gasteiger partial charge on any atom is -0.489 e. The lowest BCUT2D eigenvalue weighted by atomic mass is 10.0. The van der Waals surface area contributed by atoms with E-state index in [-0.39, 0.29) is 23.8 Å². The van der Waals surface area contributed by atoms with Crippen LogP contribution in [0.15, 0.2) is 23.3 Å². The number of thiazole rings is 1. The number of rotatable bonds is 2. The fourth-order valence-electron chi connectivity index (χ4n) is 3.00. The summed E-state index contributed by atoms with van der Waals surface area (Å²) in [7, 11) is 0. The van der Waals surface area contributed by atoms with Crippen molar-refractivity contribution in [2.75, 3.05) is 6.61 Å². The number of hydrazone groups is 1. The van der Waals surface area contributed by atoms with Crippen LogP contribution in [-0.4, -0.2) is 29.6 Å². The molecule has 3 atom stereocenters. The molecule has 29 heavy (non-hydrogen) atoms. The summed E-state index contributed by atoms with van der Waals surface area (Å²) in [6, 6.07) is 5.29. The van der Waals surface area contributed by atoms with E-state index in [0.717, 1.165) is 11.3 Å². The second kappa shape index (κ2) is 7.04. The van der Waals surface area contributed by atoms with Gasteiger partial charge in [-0.1, -0.05) is 11.8 Å². The van der Waals surface area contributed by atoms with Gasteiger partial charge in [0.1, 0.15) is 12.4 Å². The van der Waals surface area contributed by atoms with Gasteiger partial charge in [-0.3, -0.25) is 10.2 Å². The standard InChI is InChI=1S/C20H19FN4O3S/c1-10(18-25-24-11(2)28-18)4-5-12-6-7-14-13(8-12)15-16(20(3,21)9-27-14)29-19(23-15)17(22)26/h6-8,10-11,24H,9H2,1-3H3,(H2,22,26). The number of halogens is 1. The molecule has 7 nitrogen and oxygen atoms in total. The van der Waals surface area contributed by atoms with E-state index in [1.165, 1.54) is 6.92 Å². The Bertz CT molecular complexity index is 1080. The van der Waals surface area contributed by atoms with Crippen LogP contribution < -0.4 is 15.9 Å². The third-order valence-electron chi connectivity index (χ3n) is 4.50. The molecule has 3 unspecified atom stereocenters. The van der Waals surface area contributed by atoms with Gasteiger partial charge in [-0.05, 0) is 39.0 Å². The summed E-state index contributed by atoms with van der Waals surface area (Å²) >= 11 is 0.952. The number of nitrogens with zero attached hydrogens (tertiary/aromatic N) is 2. The Kier molecular flexibility index (Phi) is 4.67. The summed E-state index contributed by atoms with van der Waals surface area (Å²) in [5, 5.41) is 4.17. The highest BCUT2D eigenvalue weighted by molar-refractivity contribution is 7.14. The van der Waals surface area contributed by atoms with Gasteiger partial charge in [-0.15, -0.1) is 16.4 Å². The van der Waals surface area contributed by atoms with E-state index in [2.05, 4.69) is 27.4 Å². The van der Waals surface area contributed by atoms with Crippen LogP contribution in [0.25, 0.3) is 11.3 Å². The first kappa shape index (κ1) is 19.2. The maximum atomic E-state index is 15.2. The molecule has 2 aliphatic heterocycles. The Morgan fingerprint density at radius 3 is 3.00 bits per heavy atom. The number of fused-ring (bicyclic) bond motifs is 3. The van der Waals surface area contributed by atoms with Crippen molar-refractivity contribution >= 4 is 23.1 Å². The molecule has 3 N–H and O–H groups in total. The summed E-state index contributed by atoms with van der Waals surface area (Å²) in [6.07, 6.45) is -0.170. The molecular weight excluding hydrogens is 395 g/mol. The molecule has 0 radical (unpaired) electrons. The van der Waals surface area contributed by atoms with Crippen LogP contribution in [0.4, 0.5) is 4.39 Å². The van der Waals surface area contributed by atoms with Crippen LogP contribution in [0.3, 0.4) is 0 Å². The molecular formula is C20H19FN4O3S. The fourth-order valence-corrected chi connectivity index (χ4v) is 3.95. The summed E-state index contributed by atoms with van der Waals surface area (Å²) in [5.41, 5.74) is 8.03. The minimum atomic E-state index is -1.79. The molecule has 0 aliphatic carbocycles. The minimum absolute atomic E-state index is 0.0647. The average molecular weight is 414 g/mol. The molecule has 9 heteroatoms. The Hall–Kier alpha value is -3.12. The lowest BCUT2D eigenvalue weighted by Gasteiger charge is -2.16. The van der Waals surface area contributed by atoms with Crippen molar-refractivity contribution in [3.8, 4) is 28.8 Å². The number of nitrogens with two attached hydrogens (primary N) is 1. The SMILES string of the molecule is CC1NN=C(C(C)C#Cc2ccc3c(c2)-c2nc(C(N)=O)sc2C(C)(F)CO3)O1. The van der Waals surface area contributed by atoms with Gasteiger partial charge in [0, 0.05) is 11.1 Å². The normalized spacial score (nSPS) is 23.0. The number of hydrogen-bond donors (Lipinski definition) is 2. The fraction of sp³-hybridized carbons (Fsp3) is 0.350. The predicted molar refractivity (Wildman–Crippen MR) is 107 cm³/mol. The van der Waals surface area contributed by atoms with Gasteiger partial charge < -0.3 is 15.2 Å². The van der Waals surface area contributed by atoms with Crippen LogP contribution in [-0.2, 0) is 10.4 Å². The number of hydrogen-bond acceptors (Lipinski definition) is 7. The van der Waals surface area contributed by atoms with Crippen molar-refractivity contribution in [3.63, 3.8) is 0 Å². The first-order chi connectivity index (χ1) is 13.7. The Labute approximate surface area is 171 Å². The summed E-state index contributed by atoms with van der Waals surface area (Å²) < 4.78 is 26.4. The number of nitrogens with one attached hydrogen (secondary N) is 1. The molecule has 0 fully saturated rings. The predicted octanol–water partition coefficient (Wildman–Crippen LogP) is 2.75. The van der Waals surface area contributed by atoms with Crippen LogP contribution in [0.1, 0.15) is 41.0 Å². The van der Waals surface area contributed by atoms with E-state index >= 15 is 4.39 Å². The van der Waals surface area contributed by atoms with Gasteiger partial charge >= 0.3 is 0 Å². The Morgan fingerprint density at radius 2 is 2.31 bits per heavy atom. The number of alkyl halides is 1. The van der Waals surface area contributed by atoms with Crippen LogP contribution in [0.5, 0.6) is 5.75 Å². The second-order valence-electron chi connectivity index (χ2n) is 7.09. The maximum Gasteiger partial charge on any atom is 0.277 e. The third-order valence-corrected chi connectivity index (χ3v) is 5.81. The summed E-state index contributed by atoms with van der Waals surface area (Å²) in [5.74, 6) is 6.30. The number of amides is 1. The molecule has 0 spiro atoms. The van der Waals surface area contributed by atoms with Crippen LogP contribution >= 0.6 is 11.3 Å². The second-order valence-corrected chi connectivity index (χ2v) is 8.09. The average Bonchev–Trinajstić information content (AvgIpc) is 3.30. The van der Waals surface area contributed by atoms with Gasteiger partial charge in [-0.25, -0.2) is 9.37 Å². The summed E-state index contributed by atoms with van der Waals surface area (Å²) in [4.78, 5) is 16.2. The zero-order chi connectivity index (χ0) is 20.8. The van der Waals surface area contributed by atoms with E-state index in [1.54, 1.807) is 18.2 Å². The van der Waals surface area contributed by atoms with Crippen LogP contribution in [0.2, 0.25) is 0 Å². The number of carbonyl (C=O) groups excluding carboxylic acids is 1. The van der Waals surface area contributed by atoms with Crippen LogP contribution in [0, 0.1) is 17.8 Å². The van der Waals surface area contributed by atoms with Crippen molar-refractivity contribution in [3.05, 3.63) is 33.6 Å². The largest absolute Gasteiger partial charge is 0.489 e. The molecule has 3 heterocycles. The van der Waals surface area contributed by atoms with Crippen molar-refractivity contribution in [2.24, 2.45) is 16.8 Å². The Balaban J connectivity index is 1.72. The maximum absolute atomic E-state index is 15.2. The van der Waals surface area contributed by atoms with Crippen molar-refractivity contribution in [2.45, 2.75) is 32.7 Å². The summed E-state index contributed by atoms with van der Waals surface area (Å²) in [6.45, 7) is 4.97. The molecule has 0 bridgehead atoms. The number of ether oxygens (including phenoxy) is 2. The van der Waals surface area contributed by atoms with Gasteiger partial charge in [-0.2, -0.15) is 0 Å². The van der Waals surface area contributed by atoms with E-state index in [0.29, 0.717) is 33.3 Å². The molecule has 1 aromatic carbocycles. The third kappa shape index (κ3) is 3.63. The smallest absolute Gasteiger partial charge is 0.277 e. The highest BCUT2D eigenvalue weighted by Gasteiger charge is 2.38. The quantitative estimate of drug-likeness (QED) is 0.737. The van der Waals surface area contributed by atoms with Gasteiger partial charge in [0.25, 0.3) is 5.91 Å². The number of carbonyl (C=O) groups is 1. The van der Waals surface area contributed by atoms with Gasteiger partial charge in [0.05, 0.1) is 16.5 Å². The first-order valence-corrected chi connectivity index (χ1v) is 9.85. The lowest BCUT2D eigenvalue weighted by Crippen LogP contribution is -2.22. The zero-order valence-electron chi connectivity index (χ0n) is 16.1. The lowest BCUT2D eigenvalue weighted by molar-refractivity contribution is 0.1000. The molecule has 0 saturated carbocycles. The molecule has 1 amide bonds. The molecule has 4 rings (SSSR count).